The molecule has 0 bridgehead atoms. The number of aromatic nitrogens is 2. The molecule has 2 aromatic rings. The van der Waals surface area contributed by atoms with Crippen molar-refractivity contribution in [1.29, 1.82) is 5.26 Å². The molecular formula is C18H23N5O2. The normalized spacial score (nSPS) is 18.1. The molecule has 0 spiro atoms. The van der Waals surface area contributed by atoms with Crippen molar-refractivity contribution in [2.75, 3.05) is 25.0 Å². The number of H-pyrrole nitrogens is 1. The average Bonchev–Trinajstić information content (AvgIpc) is 3.12. The minimum atomic E-state index is -0.163. The SMILES string of the molecule is Cc1cc([C@@H]2CCCN(CC(=O)Nc3oc(C)c(C)c3C#N)C2)n[nH]1. The fourth-order valence-corrected chi connectivity index (χ4v) is 3.31. The van der Waals surface area contributed by atoms with Crippen molar-refractivity contribution in [3.8, 4) is 6.07 Å². The molecule has 0 saturated carbocycles. The van der Waals surface area contributed by atoms with Crippen LogP contribution in [0.1, 0.15) is 47.0 Å². The molecule has 3 rings (SSSR count). The molecule has 25 heavy (non-hydrogen) atoms. The second kappa shape index (κ2) is 7.11. The lowest BCUT2D eigenvalue weighted by atomic mass is 9.94. The Kier molecular flexibility index (Phi) is 4.91. The van der Waals surface area contributed by atoms with Crippen molar-refractivity contribution in [2.24, 2.45) is 0 Å². The molecule has 0 aromatic carbocycles. The van der Waals surface area contributed by atoms with Crippen LogP contribution in [0.15, 0.2) is 10.5 Å². The number of anilines is 1. The zero-order chi connectivity index (χ0) is 18.0. The maximum Gasteiger partial charge on any atom is 0.240 e. The molecule has 0 unspecified atom stereocenters. The van der Waals surface area contributed by atoms with E-state index < -0.39 is 0 Å². The van der Waals surface area contributed by atoms with E-state index in [2.05, 4.69) is 32.5 Å². The highest BCUT2D eigenvalue weighted by atomic mass is 16.4. The molecule has 7 heteroatoms. The zero-order valence-electron chi connectivity index (χ0n) is 14.8. The first-order chi connectivity index (χ1) is 12.0. The molecule has 0 aliphatic carbocycles. The molecule has 7 nitrogen and oxygen atoms in total. The maximum atomic E-state index is 12.4. The molecule has 1 fully saturated rings. The molecule has 2 N–H and O–H groups in total. The first-order valence-electron chi connectivity index (χ1n) is 8.52. The van der Waals surface area contributed by atoms with Crippen LogP contribution in [0, 0.1) is 32.1 Å². The number of aromatic amines is 1. The van der Waals surface area contributed by atoms with Crippen LogP contribution in [0.4, 0.5) is 5.88 Å². The topological polar surface area (TPSA) is 98.0 Å². The summed E-state index contributed by atoms with van der Waals surface area (Å²) in [5.74, 6) is 1.08. The van der Waals surface area contributed by atoms with Gasteiger partial charge in [0.25, 0.3) is 0 Å². The van der Waals surface area contributed by atoms with Crippen molar-refractivity contribution in [1.82, 2.24) is 15.1 Å². The summed E-state index contributed by atoms with van der Waals surface area (Å²) in [5, 5.41) is 19.3. The highest BCUT2D eigenvalue weighted by Gasteiger charge is 2.25. The van der Waals surface area contributed by atoms with Crippen molar-refractivity contribution >= 4 is 11.8 Å². The Hall–Kier alpha value is -2.59. The van der Waals surface area contributed by atoms with Gasteiger partial charge in [-0.2, -0.15) is 10.4 Å². The van der Waals surface area contributed by atoms with Crippen LogP contribution in [0.25, 0.3) is 0 Å². The van der Waals surface area contributed by atoms with Crippen LogP contribution >= 0.6 is 0 Å². The number of piperidine rings is 1. The van der Waals surface area contributed by atoms with E-state index >= 15 is 0 Å². The Labute approximate surface area is 147 Å². The molecule has 1 atom stereocenters. The van der Waals surface area contributed by atoms with E-state index in [4.69, 9.17) is 4.42 Å². The van der Waals surface area contributed by atoms with Gasteiger partial charge in [0.1, 0.15) is 17.4 Å². The minimum absolute atomic E-state index is 0.163. The van der Waals surface area contributed by atoms with E-state index in [1.54, 1.807) is 6.92 Å². The first kappa shape index (κ1) is 17.2. The van der Waals surface area contributed by atoms with E-state index in [0.717, 1.165) is 42.9 Å². The average molecular weight is 341 g/mol. The summed E-state index contributed by atoms with van der Waals surface area (Å²) in [5.41, 5.74) is 3.28. The predicted octanol–water partition coefficient (Wildman–Crippen LogP) is 2.62. The van der Waals surface area contributed by atoms with Gasteiger partial charge >= 0.3 is 0 Å². The van der Waals surface area contributed by atoms with Gasteiger partial charge in [0, 0.05) is 23.7 Å². The molecule has 2 aromatic heterocycles. The number of hydrogen-bond acceptors (Lipinski definition) is 5. The second-order valence-electron chi connectivity index (χ2n) is 6.70. The molecule has 132 valence electrons. The van der Waals surface area contributed by atoms with E-state index in [9.17, 15) is 10.1 Å². The van der Waals surface area contributed by atoms with Crippen LogP contribution < -0.4 is 5.32 Å². The van der Waals surface area contributed by atoms with E-state index in [1.807, 2.05) is 13.8 Å². The van der Waals surface area contributed by atoms with Crippen LogP contribution in [0.3, 0.4) is 0 Å². The largest absolute Gasteiger partial charge is 0.444 e. The van der Waals surface area contributed by atoms with Gasteiger partial charge in [-0.05, 0) is 46.2 Å². The Balaban J connectivity index is 1.61. The number of furan rings is 1. The number of carbonyl (C=O) groups is 1. The molecular weight excluding hydrogens is 318 g/mol. The number of likely N-dealkylation sites (tertiary alicyclic amines) is 1. The summed E-state index contributed by atoms with van der Waals surface area (Å²) in [6.07, 6.45) is 2.11. The van der Waals surface area contributed by atoms with Crippen LogP contribution in [0.5, 0.6) is 0 Å². The number of nitrogens with one attached hydrogen (secondary N) is 2. The van der Waals surface area contributed by atoms with Crippen molar-refractivity contribution in [3.05, 3.63) is 34.3 Å². The van der Waals surface area contributed by atoms with E-state index in [0.29, 0.717) is 17.2 Å². The van der Waals surface area contributed by atoms with Gasteiger partial charge in [-0.15, -0.1) is 0 Å². The fourth-order valence-electron chi connectivity index (χ4n) is 3.31. The van der Waals surface area contributed by atoms with Gasteiger partial charge in [0.2, 0.25) is 11.8 Å². The Morgan fingerprint density at radius 3 is 3.00 bits per heavy atom. The molecule has 1 saturated heterocycles. The number of nitriles is 1. The van der Waals surface area contributed by atoms with Crippen LogP contribution in [0.2, 0.25) is 0 Å². The Bertz CT molecular complexity index is 814. The highest BCUT2D eigenvalue weighted by molar-refractivity contribution is 5.92. The number of rotatable bonds is 4. The minimum Gasteiger partial charge on any atom is -0.444 e. The number of nitrogens with zero attached hydrogens (tertiary/aromatic N) is 3. The van der Waals surface area contributed by atoms with Crippen molar-refractivity contribution < 1.29 is 9.21 Å². The standard InChI is InChI=1S/C18H23N5O2/c1-11-7-16(22-21-11)14-5-4-6-23(9-14)10-17(24)20-18-15(8-19)12(2)13(3)25-18/h7,14H,4-6,9-10H2,1-3H3,(H,20,24)(H,21,22)/t14-/m1/s1. The van der Waals surface area contributed by atoms with Gasteiger partial charge in [-0.25, -0.2) is 0 Å². The Morgan fingerprint density at radius 2 is 2.32 bits per heavy atom. The lowest BCUT2D eigenvalue weighted by molar-refractivity contribution is -0.117. The number of hydrogen-bond donors (Lipinski definition) is 2. The smallest absolute Gasteiger partial charge is 0.240 e. The maximum absolute atomic E-state index is 12.4. The number of aryl methyl sites for hydroxylation is 2. The zero-order valence-corrected chi connectivity index (χ0v) is 14.8. The van der Waals surface area contributed by atoms with Crippen LogP contribution in [-0.2, 0) is 4.79 Å². The third-order valence-corrected chi connectivity index (χ3v) is 4.77. The lowest BCUT2D eigenvalue weighted by Crippen LogP contribution is -2.39. The monoisotopic (exact) mass is 341 g/mol. The van der Waals surface area contributed by atoms with Crippen molar-refractivity contribution in [3.63, 3.8) is 0 Å². The molecule has 0 radical (unpaired) electrons. The molecule has 1 aliphatic rings. The highest BCUT2D eigenvalue weighted by Crippen LogP contribution is 2.27. The van der Waals surface area contributed by atoms with Gasteiger partial charge in [-0.3, -0.25) is 20.1 Å². The van der Waals surface area contributed by atoms with Crippen LogP contribution in [-0.4, -0.2) is 40.6 Å². The fraction of sp³-hybridized carbons (Fsp3) is 0.500. The molecule has 1 amide bonds. The summed E-state index contributed by atoms with van der Waals surface area (Å²) in [6, 6.07) is 4.16. The summed E-state index contributed by atoms with van der Waals surface area (Å²) in [4.78, 5) is 14.5. The molecule has 3 heterocycles. The second-order valence-corrected chi connectivity index (χ2v) is 6.70. The number of amides is 1. The predicted molar refractivity (Wildman–Crippen MR) is 93.3 cm³/mol. The first-order valence-corrected chi connectivity index (χ1v) is 8.52. The lowest BCUT2D eigenvalue weighted by Gasteiger charge is -2.31. The summed E-state index contributed by atoms with van der Waals surface area (Å²) >= 11 is 0. The summed E-state index contributed by atoms with van der Waals surface area (Å²) in [7, 11) is 0. The quantitative estimate of drug-likeness (QED) is 0.891. The van der Waals surface area contributed by atoms with Gasteiger partial charge < -0.3 is 4.42 Å². The van der Waals surface area contributed by atoms with E-state index in [1.165, 1.54) is 0 Å². The number of carbonyl (C=O) groups excluding carboxylic acids is 1. The van der Waals surface area contributed by atoms with Gasteiger partial charge in [-0.1, -0.05) is 0 Å². The van der Waals surface area contributed by atoms with Gasteiger partial charge in [0.15, 0.2) is 0 Å². The summed E-state index contributed by atoms with van der Waals surface area (Å²) in [6.45, 7) is 7.56. The van der Waals surface area contributed by atoms with Crippen molar-refractivity contribution in [2.45, 2.75) is 39.5 Å². The third-order valence-electron chi connectivity index (χ3n) is 4.77. The molecule has 1 aliphatic heterocycles. The Morgan fingerprint density at radius 1 is 1.52 bits per heavy atom. The summed E-state index contributed by atoms with van der Waals surface area (Å²) < 4.78 is 5.50. The van der Waals surface area contributed by atoms with E-state index in [-0.39, 0.29) is 18.3 Å². The third kappa shape index (κ3) is 3.74. The van der Waals surface area contributed by atoms with Gasteiger partial charge in [0.05, 0.1) is 12.2 Å².